The Morgan fingerprint density at radius 3 is 2.25 bits per heavy atom. The molecule has 110 valence electrons. The predicted octanol–water partition coefficient (Wildman–Crippen LogP) is 2.61. The zero-order valence-electron chi connectivity index (χ0n) is 10.7. The maximum Gasteiger partial charge on any atom is 0.416 e. The lowest BCUT2D eigenvalue weighted by atomic mass is 10.2. The average molecular weight is 290 g/mol. The number of carbonyl (C=O) groups is 2. The minimum Gasteiger partial charge on any atom is -0.486 e. The first-order valence-electron chi connectivity index (χ1n) is 5.80. The second-order valence-electron chi connectivity index (χ2n) is 3.83. The van der Waals surface area contributed by atoms with Crippen molar-refractivity contribution in [2.75, 3.05) is 13.2 Å². The highest BCUT2D eigenvalue weighted by Gasteiger charge is 2.30. The Morgan fingerprint density at radius 2 is 1.75 bits per heavy atom. The molecule has 0 aromatic heterocycles. The highest BCUT2D eigenvalue weighted by Crippen LogP contribution is 2.30. The zero-order valence-corrected chi connectivity index (χ0v) is 10.7. The van der Waals surface area contributed by atoms with Crippen molar-refractivity contribution in [3.05, 3.63) is 29.8 Å². The molecule has 0 bridgehead atoms. The van der Waals surface area contributed by atoms with Gasteiger partial charge in [0.25, 0.3) is 0 Å². The molecule has 0 spiro atoms. The summed E-state index contributed by atoms with van der Waals surface area (Å²) < 4.78 is 46.5. The molecule has 0 unspecified atom stereocenters. The molecule has 0 N–H and O–H groups in total. The van der Waals surface area contributed by atoms with Crippen LogP contribution >= 0.6 is 0 Å². The number of rotatable bonds is 6. The number of ether oxygens (including phenoxy) is 2. The number of carbonyl (C=O) groups excluding carboxylic acids is 2. The van der Waals surface area contributed by atoms with E-state index in [9.17, 15) is 22.8 Å². The van der Waals surface area contributed by atoms with E-state index in [0.29, 0.717) is 0 Å². The molecule has 0 fully saturated rings. The maximum absolute atomic E-state index is 12.3. The first-order valence-corrected chi connectivity index (χ1v) is 5.80. The quantitative estimate of drug-likeness (QED) is 0.597. The first-order chi connectivity index (χ1) is 9.32. The van der Waals surface area contributed by atoms with Crippen molar-refractivity contribution < 1.29 is 32.2 Å². The molecule has 0 atom stereocenters. The molecule has 1 aromatic carbocycles. The van der Waals surface area contributed by atoms with Crippen LogP contribution in [0.1, 0.15) is 18.9 Å². The minimum absolute atomic E-state index is 0.121. The zero-order chi connectivity index (χ0) is 15.2. The summed E-state index contributed by atoms with van der Waals surface area (Å²) in [5.74, 6) is -1.05. The molecule has 0 saturated carbocycles. The van der Waals surface area contributed by atoms with Crippen molar-refractivity contribution in [2.45, 2.75) is 19.5 Å². The van der Waals surface area contributed by atoms with Gasteiger partial charge in [-0.2, -0.15) is 13.2 Å². The highest BCUT2D eigenvalue weighted by atomic mass is 19.4. The molecule has 0 aliphatic heterocycles. The van der Waals surface area contributed by atoms with Gasteiger partial charge in [-0.1, -0.05) is 0 Å². The van der Waals surface area contributed by atoms with E-state index in [-0.39, 0.29) is 12.4 Å². The molecule has 0 radical (unpaired) electrons. The monoisotopic (exact) mass is 290 g/mol. The Kier molecular flexibility index (Phi) is 5.54. The predicted molar refractivity (Wildman–Crippen MR) is 63.2 cm³/mol. The summed E-state index contributed by atoms with van der Waals surface area (Å²) in [4.78, 5) is 22.3. The summed E-state index contributed by atoms with van der Waals surface area (Å²) in [5.41, 5.74) is -0.803. The molecule has 7 heteroatoms. The number of halogens is 3. The van der Waals surface area contributed by atoms with E-state index in [1.807, 2.05) is 0 Å². The van der Waals surface area contributed by atoms with Gasteiger partial charge in [0.15, 0.2) is 5.78 Å². The number of ketones is 1. The summed E-state index contributed by atoms with van der Waals surface area (Å²) in [6.45, 7) is 1.39. The van der Waals surface area contributed by atoms with Gasteiger partial charge in [-0.15, -0.1) is 0 Å². The summed E-state index contributed by atoms with van der Waals surface area (Å²) in [6.07, 6.45) is -4.84. The van der Waals surface area contributed by atoms with Crippen LogP contribution < -0.4 is 4.74 Å². The van der Waals surface area contributed by atoms with Gasteiger partial charge in [0.1, 0.15) is 18.8 Å². The minimum atomic E-state index is -4.42. The molecule has 0 aliphatic rings. The molecule has 0 saturated heterocycles. The summed E-state index contributed by atoms with van der Waals surface area (Å²) in [6, 6.07) is 3.93. The van der Waals surface area contributed by atoms with E-state index in [0.717, 1.165) is 24.3 Å². The van der Waals surface area contributed by atoms with Crippen LogP contribution in [-0.2, 0) is 20.5 Å². The smallest absolute Gasteiger partial charge is 0.416 e. The molecular weight excluding hydrogens is 277 g/mol. The Bertz CT molecular complexity index is 465. The Hall–Kier alpha value is -2.05. The fraction of sp³-hybridized carbons (Fsp3) is 0.385. The van der Waals surface area contributed by atoms with Gasteiger partial charge in [-0.25, -0.2) is 0 Å². The number of esters is 1. The highest BCUT2D eigenvalue weighted by molar-refractivity contribution is 5.96. The number of benzene rings is 1. The fourth-order valence-electron chi connectivity index (χ4n) is 1.33. The largest absolute Gasteiger partial charge is 0.486 e. The first kappa shape index (κ1) is 16.0. The lowest BCUT2D eigenvalue weighted by molar-refractivity contribution is -0.146. The molecule has 1 aromatic rings. The number of alkyl halides is 3. The normalized spacial score (nSPS) is 11.0. The maximum atomic E-state index is 12.3. The second-order valence-corrected chi connectivity index (χ2v) is 3.83. The van der Waals surface area contributed by atoms with E-state index in [4.69, 9.17) is 4.74 Å². The molecule has 1 rings (SSSR count). The molecule has 4 nitrogen and oxygen atoms in total. The average Bonchev–Trinajstić information content (AvgIpc) is 2.36. The van der Waals surface area contributed by atoms with Crippen molar-refractivity contribution in [1.82, 2.24) is 0 Å². The Morgan fingerprint density at radius 1 is 1.15 bits per heavy atom. The lowest BCUT2D eigenvalue weighted by Crippen LogP contribution is -2.17. The molecule has 0 amide bonds. The van der Waals surface area contributed by atoms with Gasteiger partial charge in [0.2, 0.25) is 0 Å². The van der Waals surface area contributed by atoms with Crippen LogP contribution in [0.5, 0.6) is 5.75 Å². The van der Waals surface area contributed by atoms with E-state index in [1.165, 1.54) is 0 Å². The van der Waals surface area contributed by atoms with Crippen LogP contribution in [0.25, 0.3) is 0 Å². The van der Waals surface area contributed by atoms with Crippen LogP contribution in [0.4, 0.5) is 13.2 Å². The fourth-order valence-corrected chi connectivity index (χ4v) is 1.33. The summed E-state index contributed by atoms with van der Waals surface area (Å²) in [7, 11) is 0. The van der Waals surface area contributed by atoms with Crippen molar-refractivity contribution in [3.63, 3.8) is 0 Å². The van der Waals surface area contributed by atoms with Crippen LogP contribution in [0.3, 0.4) is 0 Å². The third-order valence-corrected chi connectivity index (χ3v) is 2.23. The topological polar surface area (TPSA) is 52.6 Å². The van der Waals surface area contributed by atoms with Gasteiger partial charge in [0, 0.05) is 0 Å². The van der Waals surface area contributed by atoms with Crippen LogP contribution in [-0.4, -0.2) is 25.0 Å². The van der Waals surface area contributed by atoms with E-state index in [1.54, 1.807) is 6.92 Å². The van der Waals surface area contributed by atoms with Gasteiger partial charge in [-0.05, 0) is 31.2 Å². The molecule has 20 heavy (non-hydrogen) atoms. The van der Waals surface area contributed by atoms with Gasteiger partial charge in [0.05, 0.1) is 12.2 Å². The van der Waals surface area contributed by atoms with Crippen LogP contribution in [0.15, 0.2) is 24.3 Å². The van der Waals surface area contributed by atoms with Crippen LogP contribution in [0.2, 0.25) is 0 Å². The van der Waals surface area contributed by atoms with E-state index in [2.05, 4.69) is 4.74 Å². The van der Waals surface area contributed by atoms with Crippen molar-refractivity contribution in [3.8, 4) is 5.75 Å². The number of hydrogen-bond acceptors (Lipinski definition) is 4. The van der Waals surface area contributed by atoms with Gasteiger partial charge >= 0.3 is 12.1 Å². The third-order valence-electron chi connectivity index (χ3n) is 2.23. The second kappa shape index (κ2) is 6.93. The van der Waals surface area contributed by atoms with Crippen molar-refractivity contribution in [1.29, 1.82) is 0 Å². The summed E-state index contributed by atoms with van der Waals surface area (Å²) >= 11 is 0. The van der Waals surface area contributed by atoms with Gasteiger partial charge in [-0.3, -0.25) is 9.59 Å². The molecule has 0 aliphatic carbocycles. The Balaban J connectivity index is 2.46. The number of hydrogen-bond donors (Lipinski definition) is 0. The van der Waals surface area contributed by atoms with Gasteiger partial charge < -0.3 is 9.47 Å². The molecule has 0 heterocycles. The van der Waals surface area contributed by atoms with Crippen LogP contribution in [0, 0.1) is 0 Å². The number of Topliss-reactive ketones (excluding diaryl/α,β-unsaturated/α-hetero) is 1. The van der Waals surface area contributed by atoms with E-state index < -0.39 is 36.5 Å². The third kappa shape index (κ3) is 5.29. The SMILES string of the molecule is CCOC(=O)CC(=O)COc1ccc(C(F)(F)F)cc1. The lowest BCUT2D eigenvalue weighted by Gasteiger charge is -2.08. The summed E-state index contributed by atoms with van der Waals surface area (Å²) in [5, 5.41) is 0. The standard InChI is InChI=1S/C13H13F3O4/c1-2-19-12(18)7-10(17)8-20-11-5-3-9(4-6-11)13(14,15)16/h3-6H,2,7-8H2,1H3. The Labute approximate surface area is 113 Å². The molecular formula is C13H13F3O4. The van der Waals surface area contributed by atoms with Crippen molar-refractivity contribution >= 4 is 11.8 Å². The van der Waals surface area contributed by atoms with E-state index >= 15 is 0 Å². The van der Waals surface area contributed by atoms with Crippen molar-refractivity contribution in [2.24, 2.45) is 0 Å².